The van der Waals surface area contributed by atoms with E-state index in [1.54, 1.807) is 18.6 Å². The molecule has 3 aromatic heterocycles. The van der Waals surface area contributed by atoms with E-state index in [1.807, 2.05) is 39.0 Å². The molecule has 0 radical (unpaired) electrons. The number of carbonyl (C=O) groups excluding carboxylic acids is 1. The first-order valence-corrected chi connectivity index (χ1v) is 10.2. The van der Waals surface area contributed by atoms with Gasteiger partial charge in [0.15, 0.2) is 0 Å². The maximum absolute atomic E-state index is 12.5. The Morgan fingerprint density at radius 3 is 2.70 bits per heavy atom. The van der Waals surface area contributed by atoms with Crippen molar-refractivity contribution in [3.63, 3.8) is 0 Å². The number of hydrogen-bond acceptors (Lipinski definition) is 5. The van der Waals surface area contributed by atoms with Gasteiger partial charge in [-0.05, 0) is 62.9 Å². The van der Waals surface area contributed by atoms with E-state index in [-0.39, 0.29) is 18.4 Å². The zero-order chi connectivity index (χ0) is 21.3. The predicted molar refractivity (Wildman–Crippen MR) is 115 cm³/mol. The summed E-state index contributed by atoms with van der Waals surface area (Å²) in [5.74, 6) is 0.824. The third kappa shape index (κ3) is 4.03. The largest absolute Gasteiger partial charge is 0.469 e. The molecule has 0 aliphatic rings. The van der Waals surface area contributed by atoms with Crippen LogP contribution in [-0.2, 0) is 17.6 Å². The minimum atomic E-state index is -0.402. The lowest BCUT2D eigenvalue weighted by atomic mass is 10.0. The molecular formula is C24H25NO5. The van der Waals surface area contributed by atoms with Gasteiger partial charge in [0.25, 0.3) is 0 Å². The molecule has 6 nitrogen and oxygen atoms in total. The van der Waals surface area contributed by atoms with Gasteiger partial charge in [0.1, 0.15) is 16.9 Å². The van der Waals surface area contributed by atoms with Crippen molar-refractivity contribution < 1.29 is 18.0 Å². The molecule has 4 aromatic rings. The highest BCUT2D eigenvalue weighted by Crippen LogP contribution is 2.29. The van der Waals surface area contributed by atoms with Crippen LogP contribution in [0.4, 0.5) is 0 Å². The molecular weight excluding hydrogens is 382 g/mol. The first-order valence-electron chi connectivity index (χ1n) is 10.2. The fourth-order valence-corrected chi connectivity index (χ4v) is 3.80. The van der Waals surface area contributed by atoms with Crippen LogP contribution in [0.5, 0.6) is 0 Å². The molecule has 1 aromatic carbocycles. The quantitative estimate of drug-likeness (QED) is 0.444. The number of benzene rings is 1. The van der Waals surface area contributed by atoms with Crippen molar-refractivity contribution in [2.24, 2.45) is 0 Å². The van der Waals surface area contributed by atoms with Crippen LogP contribution < -0.4 is 10.9 Å². The number of rotatable bonds is 7. The smallest absolute Gasteiger partial charge is 0.339 e. The van der Waals surface area contributed by atoms with E-state index in [9.17, 15) is 9.59 Å². The van der Waals surface area contributed by atoms with E-state index in [1.165, 1.54) is 0 Å². The van der Waals surface area contributed by atoms with Gasteiger partial charge in [-0.2, -0.15) is 0 Å². The Balaban J connectivity index is 1.45. The summed E-state index contributed by atoms with van der Waals surface area (Å²) in [5.41, 5.74) is 3.21. The highest BCUT2D eigenvalue weighted by atomic mass is 16.4. The zero-order valence-corrected chi connectivity index (χ0v) is 17.4. The topological polar surface area (TPSA) is 85.6 Å². The molecule has 4 rings (SSSR count). The Labute approximate surface area is 173 Å². The SMILES string of the molecule is Cc1coc2cc3oc(=O)c(CCC(=O)N[C@@H](C)CCc4ccco4)c(C)c3cc12. The first-order chi connectivity index (χ1) is 14.4. The minimum absolute atomic E-state index is 0.0223. The Morgan fingerprint density at radius 2 is 1.93 bits per heavy atom. The van der Waals surface area contributed by atoms with E-state index in [4.69, 9.17) is 13.3 Å². The van der Waals surface area contributed by atoms with E-state index in [0.29, 0.717) is 23.2 Å². The average Bonchev–Trinajstić information content (AvgIpc) is 3.35. The highest BCUT2D eigenvalue weighted by molar-refractivity contribution is 5.96. The van der Waals surface area contributed by atoms with Gasteiger partial charge in [-0.15, -0.1) is 0 Å². The predicted octanol–water partition coefficient (Wildman–Crippen LogP) is 4.82. The molecule has 0 spiro atoms. The number of nitrogens with one attached hydrogen (secondary N) is 1. The van der Waals surface area contributed by atoms with Crippen molar-refractivity contribution in [1.82, 2.24) is 5.32 Å². The van der Waals surface area contributed by atoms with Crippen LogP contribution in [0, 0.1) is 13.8 Å². The van der Waals surface area contributed by atoms with Gasteiger partial charge in [-0.3, -0.25) is 4.79 Å². The third-order valence-corrected chi connectivity index (χ3v) is 5.59. The maximum atomic E-state index is 12.5. The normalized spacial score (nSPS) is 12.5. The summed E-state index contributed by atoms with van der Waals surface area (Å²) in [6.45, 7) is 5.85. The third-order valence-electron chi connectivity index (χ3n) is 5.59. The molecule has 0 saturated carbocycles. The second kappa shape index (κ2) is 8.22. The van der Waals surface area contributed by atoms with Crippen LogP contribution >= 0.6 is 0 Å². The van der Waals surface area contributed by atoms with Crippen molar-refractivity contribution in [2.45, 2.75) is 52.5 Å². The monoisotopic (exact) mass is 407 g/mol. The molecule has 0 fully saturated rings. The number of carbonyl (C=O) groups is 1. The fraction of sp³-hybridized carbons (Fsp3) is 0.333. The Morgan fingerprint density at radius 1 is 1.10 bits per heavy atom. The van der Waals surface area contributed by atoms with Crippen LogP contribution in [0.2, 0.25) is 0 Å². The van der Waals surface area contributed by atoms with E-state index >= 15 is 0 Å². The van der Waals surface area contributed by atoms with Crippen LogP contribution in [0.15, 0.2) is 54.8 Å². The standard InChI is InChI=1S/C24H25NO5/c1-14-13-29-21-12-22-20(11-19(14)21)16(3)18(24(27)30-22)8-9-23(26)25-15(2)6-7-17-5-4-10-28-17/h4-5,10-13,15H,6-9H2,1-3H3,(H,25,26)/t15-/m0/s1. The number of furan rings is 2. The fourth-order valence-electron chi connectivity index (χ4n) is 3.80. The maximum Gasteiger partial charge on any atom is 0.339 e. The highest BCUT2D eigenvalue weighted by Gasteiger charge is 2.16. The first kappa shape index (κ1) is 20.0. The molecule has 0 bridgehead atoms. The van der Waals surface area contributed by atoms with Crippen LogP contribution in [0.1, 0.15) is 42.2 Å². The average molecular weight is 407 g/mol. The van der Waals surface area contributed by atoms with Crippen LogP contribution in [-0.4, -0.2) is 11.9 Å². The van der Waals surface area contributed by atoms with Gasteiger partial charge >= 0.3 is 5.63 Å². The molecule has 156 valence electrons. The van der Waals surface area contributed by atoms with Gasteiger partial charge in [0.05, 0.1) is 12.5 Å². The summed E-state index contributed by atoms with van der Waals surface area (Å²) < 4.78 is 16.4. The zero-order valence-electron chi connectivity index (χ0n) is 17.4. The molecule has 6 heteroatoms. The molecule has 3 heterocycles. The summed E-state index contributed by atoms with van der Waals surface area (Å²) in [6.07, 6.45) is 5.46. The number of aryl methyl sites for hydroxylation is 3. The number of fused-ring (bicyclic) bond motifs is 2. The minimum Gasteiger partial charge on any atom is -0.469 e. The van der Waals surface area contributed by atoms with E-state index < -0.39 is 5.63 Å². The van der Waals surface area contributed by atoms with Crippen molar-refractivity contribution in [3.05, 3.63) is 69.7 Å². The molecule has 1 amide bonds. The van der Waals surface area contributed by atoms with Crippen LogP contribution in [0.3, 0.4) is 0 Å². The van der Waals surface area contributed by atoms with Crippen molar-refractivity contribution in [1.29, 1.82) is 0 Å². The second-order valence-corrected chi connectivity index (χ2v) is 7.84. The van der Waals surface area contributed by atoms with Crippen molar-refractivity contribution in [2.75, 3.05) is 0 Å². The van der Waals surface area contributed by atoms with Gasteiger partial charge < -0.3 is 18.6 Å². The Hall–Kier alpha value is -3.28. The van der Waals surface area contributed by atoms with Crippen molar-refractivity contribution >= 4 is 27.8 Å². The summed E-state index contributed by atoms with van der Waals surface area (Å²) in [4.78, 5) is 24.9. The van der Waals surface area contributed by atoms with Crippen LogP contribution in [0.25, 0.3) is 21.9 Å². The molecule has 1 atom stereocenters. The molecule has 0 aliphatic carbocycles. The molecule has 1 N–H and O–H groups in total. The molecule has 0 unspecified atom stereocenters. The number of amides is 1. The van der Waals surface area contributed by atoms with Gasteiger partial charge in [0.2, 0.25) is 5.91 Å². The summed E-state index contributed by atoms with van der Waals surface area (Å²) in [5, 5.41) is 4.85. The summed E-state index contributed by atoms with van der Waals surface area (Å²) in [6, 6.07) is 7.55. The second-order valence-electron chi connectivity index (χ2n) is 7.84. The lowest BCUT2D eigenvalue weighted by Crippen LogP contribution is -2.33. The van der Waals surface area contributed by atoms with Gasteiger partial charge in [-0.1, -0.05) is 0 Å². The summed E-state index contributed by atoms with van der Waals surface area (Å²) in [7, 11) is 0. The molecule has 0 aliphatic heterocycles. The lowest BCUT2D eigenvalue weighted by molar-refractivity contribution is -0.121. The van der Waals surface area contributed by atoms with E-state index in [2.05, 4.69) is 5.32 Å². The van der Waals surface area contributed by atoms with Gasteiger partial charge in [0, 0.05) is 41.3 Å². The van der Waals surface area contributed by atoms with E-state index in [0.717, 1.165) is 40.5 Å². The molecule has 30 heavy (non-hydrogen) atoms. The lowest BCUT2D eigenvalue weighted by Gasteiger charge is -2.13. The molecule has 0 saturated heterocycles. The Bertz CT molecular complexity index is 1250. The van der Waals surface area contributed by atoms with Crippen molar-refractivity contribution in [3.8, 4) is 0 Å². The number of hydrogen-bond donors (Lipinski definition) is 1. The Kier molecular flexibility index (Phi) is 5.48. The van der Waals surface area contributed by atoms with Gasteiger partial charge in [-0.25, -0.2) is 4.79 Å². The summed E-state index contributed by atoms with van der Waals surface area (Å²) >= 11 is 0.